The van der Waals surface area contributed by atoms with Crippen LogP contribution in [0.5, 0.6) is 0 Å². The third-order valence-corrected chi connectivity index (χ3v) is 8.36. The van der Waals surface area contributed by atoms with Crippen molar-refractivity contribution in [3.63, 3.8) is 0 Å². The molecule has 0 aliphatic heterocycles. The first-order chi connectivity index (χ1) is 24.2. The molecule has 3 aromatic heterocycles. The summed E-state index contributed by atoms with van der Waals surface area (Å²) in [7, 11) is 0. The molecular formula is C42H26N6O. The second-order valence-electron chi connectivity index (χ2n) is 11.6. The van der Waals surface area contributed by atoms with Crippen LogP contribution in [0.15, 0.2) is 162 Å². The average Bonchev–Trinajstić information content (AvgIpc) is 3.63. The van der Waals surface area contributed by atoms with E-state index in [4.69, 9.17) is 34.3 Å². The molecule has 49 heavy (non-hydrogen) atoms. The molecule has 0 aliphatic rings. The number of benzene rings is 6. The van der Waals surface area contributed by atoms with E-state index in [0.717, 1.165) is 61.1 Å². The highest BCUT2D eigenvalue weighted by atomic mass is 16.3. The van der Waals surface area contributed by atoms with Crippen molar-refractivity contribution < 1.29 is 4.42 Å². The molecule has 0 atom stereocenters. The maximum atomic E-state index is 6.09. The van der Waals surface area contributed by atoms with Gasteiger partial charge in [-0.15, -0.1) is 0 Å². The van der Waals surface area contributed by atoms with Crippen molar-refractivity contribution >= 4 is 22.0 Å². The zero-order valence-corrected chi connectivity index (χ0v) is 26.1. The molecule has 0 fully saturated rings. The third-order valence-electron chi connectivity index (χ3n) is 8.36. The van der Waals surface area contributed by atoms with Gasteiger partial charge in [0.25, 0.3) is 0 Å². The zero-order chi connectivity index (χ0) is 32.6. The Bertz CT molecular complexity index is 2530. The molecule has 0 radical (unpaired) electrons. The minimum absolute atomic E-state index is 0.566. The Kier molecular flexibility index (Phi) is 6.98. The lowest BCUT2D eigenvalue weighted by Gasteiger charge is -2.11. The highest BCUT2D eigenvalue weighted by molar-refractivity contribution is 5.94. The lowest BCUT2D eigenvalue weighted by atomic mass is 10.0. The van der Waals surface area contributed by atoms with Gasteiger partial charge in [0.05, 0.1) is 11.2 Å². The molecule has 0 bridgehead atoms. The molecule has 7 heteroatoms. The van der Waals surface area contributed by atoms with Crippen molar-refractivity contribution in [1.29, 1.82) is 0 Å². The smallest absolute Gasteiger partial charge is 0.227 e. The van der Waals surface area contributed by atoms with Gasteiger partial charge in [-0.25, -0.2) is 29.9 Å². The summed E-state index contributed by atoms with van der Waals surface area (Å²) >= 11 is 0. The van der Waals surface area contributed by atoms with Crippen LogP contribution >= 0.6 is 0 Å². The van der Waals surface area contributed by atoms with Gasteiger partial charge in [0, 0.05) is 38.8 Å². The van der Waals surface area contributed by atoms with Gasteiger partial charge in [-0.3, -0.25) is 0 Å². The first-order valence-corrected chi connectivity index (χ1v) is 16.0. The van der Waals surface area contributed by atoms with Crippen LogP contribution in [0.4, 0.5) is 0 Å². The van der Waals surface area contributed by atoms with Gasteiger partial charge in [-0.2, -0.15) is 0 Å². The minimum atomic E-state index is 0.566. The van der Waals surface area contributed by atoms with Gasteiger partial charge in [0.15, 0.2) is 28.9 Å². The quantitative estimate of drug-likeness (QED) is 0.181. The number of aromatic nitrogens is 6. The van der Waals surface area contributed by atoms with Crippen molar-refractivity contribution in [1.82, 2.24) is 29.9 Å². The molecule has 0 aliphatic carbocycles. The molecule has 0 N–H and O–H groups in total. The van der Waals surface area contributed by atoms with Crippen molar-refractivity contribution in [3.05, 3.63) is 158 Å². The van der Waals surface area contributed by atoms with Crippen LogP contribution in [0.1, 0.15) is 0 Å². The Morgan fingerprint density at radius 2 is 0.816 bits per heavy atom. The van der Waals surface area contributed by atoms with Crippen LogP contribution in [0, 0.1) is 0 Å². The van der Waals surface area contributed by atoms with Gasteiger partial charge in [0.2, 0.25) is 5.89 Å². The third kappa shape index (κ3) is 5.49. The average molecular weight is 631 g/mol. The highest BCUT2D eigenvalue weighted by Crippen LogP contribution is 2.34. The lowest BCUT2D eigenvalue weighted by Crippen LogP contribution is -2.00. The van der Waals surface area contributed by atoms with Crippen molar-refractivity contribution in [3.8, 4) is 68.3 Å². The molecule has 6 aromatic carbocycles. The fourth-order valence-electron chi connectivity index (χ4n) is 5.96. The molecule has 0 saturated carbocycles. The predicted molar refractivity (Wildman–Crippen MR) is 193 cm³/mol. The number of fused-ring (bicyclic) bond motifs is 2. The van der Waals surface area contributed by atoms with Gasteiger partial charge in [-0.1, -0.05) is 121 Å². The van der Waals surface area contributed by atoms with Gasteiger partial charge >= 0.3 is 0 Å². The second-order valence-corrected chi connectivity index (χ2v) is 11.6. The Morgan fingerprint density at radius 3 is 1.49 bits per heavy atom. The van der Waals surface area contributed by atoms with E-state index < -0.39 is 0 Å². The normalized spacial score (nSPS) is 11.3. The molecule has 7 nitrogen and oxygen atoms in total. The summed E-state index contributed by atoms with van der Waals surface area (Å²) in [6, 6.07) is 52.0. The number of nitrogens with zero attached hydrogens (tertiary/aromatic N) is 6. The van der Waals surface area contributed by atoms with E-state index in [1.54, 1.807) is 0 Å². The number of rotatable bonds is 6. The summed E-state index contributed by atoms with van der Waals surface area (Å²) in [5, 5.41) is 0.953. The Balaban J connectivity index is 1.16. The van der Waals surface area contributed by atoms with E-state index in [1.807, 2.05) is 140 Å². The number of oxazole rings is 1. The van der Waals surface area contributed by atoms with E-state index in [9.17, 15) is 0 Å². The Hall–Kier alpha value is -6.86. The topological polar surface area (TPSA) is 90.5 Å². The van der Waals surface area contributed by atoms with E-state index >= 15 is 0 Å². The molecule has 0 spiro atoms. The second kappa shape index (κ2) is 12.1. The molecule has 9 rings (SSSR count). The van der Waals surface area contributed by atoms with Crippen molar-refractivity contribution in [2.24, 2.45) is 0 Å². The first-order valence-electron chi connectivity index (χ1n) is 16.0. The van der Waals surface area contributed by atoms with E-state index in [0.29, 0.717) is 29.2 Å². The van der Waals surface area contributed by atoms with E-state index in [1.165, 1.54) is 0 Å². The molecule has 0 saturated heterocycles. The summed E-state index contributed by atoms with van der Waals surface area (Å²) in [6.45, 7) is 0. The summed E-state index contributed by atoms with van der Waals surface area (Å²) in [5.74, 6) is 2.96. The van der Waals surface area contributed by atoms with E-state index in [2.05, 4.69) is 18.2 Å². The summed E-state index contributed by atoms with van der Waals surface area (Å²) in [4.78, 5) is 29.6. The maximum Gasteiger partial charge on any atom is 0.227 e. The van der Waals surface area contributed by atoms with Crippen LogP contribution in [0.3, 0.4) is 0 Å². The number of hydrogen-bond donors (Lipinski definition) is 0. The first kappa shape index (κ1) is 28.4. The molecule has 9 aromatic rings. The van der Waals surface area contributed by atoms with Gasteiger partial charge < -0.3 is 4.42 Å². The van der Waals surface area contributed by atoms with E-state index in [-0.39, 0.29) is 0 Å². The fraction of sp³-hybridized carbons (Fsp3) is 0. The fourth-order valence-corrected chi connectivity index (χ4v) is 5.96. The molecular weight excluding hydrogens is 605 g/mol. The highest BCUT2D eigenvalue weighted by Gasteiger charge is 2.16. The monoisotopic (exact) mass is 630 g/mol. The van der Waals surface area contributed by atoms with Crippen LogP contribution < -0.4 is 0 Å². The van der Waals surface area contributed by atoms with Gasteiger partial charge in [0.1, 0.15) is 5.52 Å². The largest absolute Gasteiger partial charge is 0.436 e. The predicted octanol–water partition coefficient (Wildman–Crippen LogP) is 9.96. The molecule has 3 heterocycles. The molecule has 230 valence electrons. The Morgan fingerprint density at radius 1 is 0.327 bits per heavy atom. The lowest BCUT2D eigenvalue weighted by molar-refractivity contribution is 0.620. The van der Waals surface area contributed by atoms with Crippen LogP contribution in [0.25, 0.3) is 90.3 Å². The maximum absolute atomic E-state index is 6.09. The molecule has 0 amide bonds. The minimum Gasteiger partial charge on any atom is -0.436 e. The SMILES string of the molecule is c1ccc(-c2nc(-c3ccccc3)nc(-c3cccc(-c4nc(-c5cccc(-c6nc7ccccc7o6)c5)c5ccccc5n4)c3)n2)cc1. The molecule has 0 unspecified atom stereocenters. The summed E-state index contributed by atoms with van der Waals surface area (Å²) in [6.07, 6.45) is 0. The van der Waals surface area contributed by atoms with Crippen molar-refractivity contribution in [2.75, 3.05) is 0 Å². The number of para-hydroxylation sites is 3. The van der Waals surface area contributed by atoms with Crippen molar-refractivity contribution in [2.45, 2.75) is 0 Å². The zero-order valence-electron chi connectivity index (χ0n) is 26.1. The standard InChI is InChI=1S/C42H26N6O/c1-3-13-27(14-4-1)38-46-39(28-15-5-2-6-16-28)48-41(47-38)31-19-12-18-30(26-31)40-43-34-22-8-7-21-33(34)37(45-40)29-17-11-20-32(25-29)42-44-35-23-9-10-24-36(35)49-42/h1-26H. The summed E-state index contributed by atoms with van der Waals surface area (Å²) in [5.41, 5.74) is 8.58. The van der Waals surface area contributed by atoms with Crippen LogP contribution in [-0.4, -0.2) is 29.9 Å². The Labute approximate surface area is 281 Å². The van der Waals surface area contributed by atoms with Crippen LogP contribution in [0.2, 0.25) is 0 Å². The summed E-state index contributed by atoms with van der Waals surface area (Å²) < 4.78 is 6.09. The number of hydrogen-bond acceptors (Lipinski definition) is 7. The van der Waals surface area contributed by atoms with Crippen LogP contribution in [-0.2, 0) is 0 Å². The van der Waals surface area contributed by atoms with Gasteiger partial charge in [-0.05, 0) is 36.4 Å².